The molecule has 0 bridgehead atoms. The van der Waals surface area contributed by atoms with Crippen LogP contribution in [0.5, 0.6) is 0 Å². The summed E-state index contributed by atoms with van der Waals surface area (Å²) in [5.41, 5.74) is 2.28. The molecular formula is C14H22ClN5. The molecule has 0 aliphatic rings. The fraction of sp³-hybridized carbons (Fsp3) is 0.571. The lowest BCUT2D eigenvalue weighted by molar-refractivity contribution is 0.430. The maximum Gasteiger partial charge on any atom is 0.0785 e. The van der Waals surface area contributed by atoms with Crippen molar-refractivity contribution in [2.45, 2.75) is 46.3 Å². The van der Waals surface area contributed by atoms with Crippen molar-refractivity contribution in [1.29, 1.82) is 0 Å². The van der Waals surface area contributed by atoms with Crippen LogP contribution in [0.15, 0.2) is 18.5 Å². The molecule has 1 atom stereocenters. The van der Waals surface area contributed by atoms with Gasteiger partial charge in [0.2, 0.25) is 0 Å². The Morgan fingerprint density at radius 2 is 2.20 bits per heavy atom. The molecule has 2 aromatic heterocycles. The van der Waals surface area contributed by atoms with E-state index in [0.717, 1.165) is 31.7 Å². The average molecular weight is 296 g/mol. The molecule has 0 radical (unpaired) electrons. The van der Waals surface area contributed by atoms with Crippen LogP contribution in [0.2, 0.25) is 5.02 Å². The van der Waals surface area contributed by atoms with Crippen LogP contribution in [0.3, 0.4) is 0 Å². The molecule has 0 saturated carbocycles. The highest BCUT2D eigenvalue weighted by molar-refractivity contribution is 6.30. The minimum atomic E-state index is 0.397. The van der Waals surface area contributed by atoms with Gasteiger partial charge in [-0.25, -0.2) is 0 Å². The van der Waals surface area contributed by atoms with E-state index in [1.165, 1.54) is 5.69 Å². The molecule has 2 aromatic rings. The molecule has 2 rings (SSSR count). The van der Waals surface area contributed by atoms with Gasteiger partial charge in [0.1, 0.15) is 0 Å². The number of halogens is 1. The van der Waals surface area contributed by atoms with E-state index in [1.807, 2.05) is 17.8 Å². The summed E-state index contributed by atoms with van der Waals surface area (Å²) in [6.45, 7) is 9.03. The molecule has 6 heteroatoms. The summed E-state index contributed by atoms with van der Waals surface area (Å²) in [4.78, 5) is 0. The maximum absolute atomic E-state index is 5.82. The Kier molecular flexibility index (Phi) is 5.20. The van der Waals surface area contributed by atoms with Gasteiger partial charge in [0.25, 0.3) is 0 Å². The lowest BCUT2D eigenvalue weighted by atomic mass is 10.3. The molecule has 0 spiro atoms. The number of nitrogens with one attached hydrogen (secondary N) is 1. The fourth-order valence-electron chi connectivity index (χ4n) is 2.23. The van der Waals surface area contributed by atoms with Crippen LogP contribution in [0, 0.1) is 13.8 Å². The topological polar surface area (TPSA) is 47.7 Å². The predicted molar refractivity (Wildman–Crippen MR) is 81.0 cm³/mol. The first-order valence-corrected chi connectivity index (χ1v) is 7.35. The van der Waals surface area contributed by atoms with Crippen molar-refractivity contribution in [1.82, 2.24) is 24.9 Å². The lowest BCUT2D eigenvalue weighted by Gasteiger charge is -2.15. The van der Waals surface area contributed by atoms with Crippen LogP contribution in [-0.2, 0) is 13.1 Å². The maximum atomic E-state index is 5.82. The summed E-state index contributed by atoms with van der Waals surface area (Å²) >= 11 is 5.82. The average Bonchev–Trinajstić information content (AvgIpc) is 2.92. The third-order valence-electron chi connectivity index (χ3n) is 3.21. The number of nitrogens with zero attached hydrogens (tertiary/aromatic N) is 4. The molecule has 20 heavy (non-hydrogen) atoms. The zero-order chi connectivity index (χ0) is 14.5. The number of rotatable bonds is 7. The van der Waals surface area contributed by atoms with Gasteiger partial charge in [0, 0.05) is 24.5 Å². The molecule has 0 amide bonds. The van der Waals surface area contributed by atoms with Crippen LogP contribution in [-0.4, -0.2) is 32.1 Å². The normalized spacial score (nSPS) is 12.8. The first kappa shape index (κ1) is 15.1. The van der Waals surface area contributed by atoms with Crippen molar-refractivity contribution < 1.29 is 0 Å². The van der Waals surface area contributed by atoms with Gasteiger partial charge in [-0.15, -0.1) is 0 Å². The zero-order valence-corrected chi connectivity index (χ0v) is 13.1. The largest absolute Gasteiger partial charge is 0.312 e. The van der Waals surface area contributed by atoms with E-state index in [0.29, 0.717) is 11.1 Å². The summed E-state index contributed by atoms with van der Waals surface area (Å²) in [5.74, 6) is 0. The van der Waals surface area contributed by atoms with Gasteiger partial charge >= 0.3 is 0 Å². The third-order valence-corrected chi connectivity index (χ3v) is 3.40. The van der Waals surface area contributed by atoms with Gasteiger partial charge in [0.15, 0.2) is 0 Å². The van der Waals surface area contributed by atoms with Crippen molar-refractivity contribution in [3.05, 3.63) is 34.9 Å². The van der Waals surface area contributed by atoms with Crippen molar-refractivity contribution in [3.63, 3.8) is 0 Å². The lowest BCUT2D eigenvalue weighted by Crippen LogP contribution is -2.32. The second-order valence-corrected chi connectivity index (χ2v) is 5.68. The predicted octanol–water partition coefficient (Wildman–Crippen LogP) is 2.42. The van der Waals surface area contributed by atoms with Gasteiger partial charge in [-0.1, -0.05) is 11.6 Å². The quantitative estimate of drug-likeness (QED) is 0.798. The van der Waals surface area contributed by atoms with Crippen molar-refractivity contribution >= 4 is 11.6 Å². The van der Waals surface area contributed by atoms with Gasteiger partial charge in [0.05, 0.1) is 23.5 Å². The van der Waals surface area contributed by atoms with E-state index in [-0.39, 0.29) is 0 Å². The highest BCUT2D eigenvalue weighted by atomic mass is 35.5. The van der Waals surface area contributed by atoms with Crippen LogP contribution < -0.4 is 5.32 Å². The van der Waals surface area contributed by atoms with Gasteiger partial charge in [-0.3, -0.25) is 9.36 Å². The molecule has 0 fully saturated rings. The number of aromatic nitrogens is 4. The van der Waals surface area contributed by atoms with Crippen LogP contribution in [0.25, 0.3) is 0 Å². The SMILES string of the molecule is Cc1cc(C)n(C[C@@H](C)NCCCn2cc(Cl)cn2)n1. The summed E-state index contributed by atoms with van der Waals surface area (Å²) in [7, 11) is 0. The molecule has 110 valence electrons. The Labute approximate surface area is 124 Å². The monoisotopic (exact) mass is 295 g/mol. The van der Waals surface area contributed by atoms with Crippen molar-refractivity contribution in [2.75, 3.05) is 6.54 Å². The summed E-state index contributed by atoms with van der Waals surface area (Å²) in [6.07, 6.45) is 4.54. The summed E-state index contributed by atoms with van der Waals surface area (Å²) < 4.78 is 3.93. The standard InChI is InChI=1S/C14H22ClN5/c1-11-7-13(3)20(18-11)9-12(2)16-5-4-6-19-10-14(15)8-17-19/h7-8,10,12,16H,4-6,9H2,1-3H3/t12-/m1/s1. The van der Waals surface area contributed by atoms with E-state index in [4.69, 9.17) is 11.6 Å². The Morgan fingerprint density at radius 1 is 1.40 bits per heavy atom. The van der Waals surface area contributed by atoms with Crippen molar-refractivity contribution in [3.8, 4) is 0 Å². The van der Waals surface area contributed by atoms with Gasteiger partial charge < -0.3 is 5.32 Å². The molecule has 0 saturated heterocycles. The van der Waals surface area contributed by atoms with E-state index in [1.54, 1.807) is 6.20 Å². The van der Waals surface area contributed by atoms with Crippen LogP contribution in [0.1, 0.15) is 24.7 Å². The Balaban J connectivity index is 1.67. The summed E-state index contributed by atoms with van der Waals surface area (Å²) in [6, 6.07) is 2.50. The molecule has 0 aromatic carbocycles. The second kappa shape index (κ2) is 6.90. The van der Waals surface area contributed by atoms with Crippen LogP contribution in [0.4, 0.5) is 0 Å². The highest BCUT2D eigenvalue weighted by Crippen LogP contribution is 2.05. The minimum Gasteiger partial charge on any atom is -0.312 e. The fourth-order valence-corrected chi connectivity index (χ4v) is 2.39. The smallest absolute Gasteiger partial charge is 0.0785 e. The number of hydrogen-bond donors (Lipinski definition) is 1. The number of hydrogen-bond acceptors (Lipinski definition) is 3. The second-order valence-electron chi connectivity index (χ2n) is 5.24. The molecule has 1 N–H and O–H groups in total. The van der Waals surface area contributed by atoms with E-state index < -0.39 is 0 Å². The molecular weight excluding hydrogens is 274 g/mol. The molecule has 2 heterocycles. The van der Waals surface area contributed by atoms with Gasteiger partial charge in [-0.05, 0) is 39.8 Å². The third kappa shape index (κ3) is 4.35. The zero-order valence-electron chi connectivity index (χ0n) is 12.3. The van der Waals surface area contributed by atoms with E-state index in [2.05, 4.69) is 40.1 Å². The number of aryl methyl sites for hydroxylation is 3. The van der Waals surface area contributed by atoms with E-state index in [9.17, 15) is 0 Å². The molecule has 5 nitrogen and oxygen atoms in total. The molecule has 0 unspecified atom stereocenters. The molecule has 0 aliphatic heterocycles. The first-order valence-electron chi connectivity index (χ1n) is 6.97. The Morgan fingerprint density at radius 3 is 2.80 bits per heavy atom. The first-order chi connectivity index (χ1) is 9.54. The Hall–Kier alpha value is -1.33. The summed E-state index contributed by atoms with van der Waals surface area (Å²) in [5, 5.41) is 12.8. The van der Waals surface area contributed by atoms with Crippen LogP contribution >= 0.6 is 11.6 Å². The van der Waals surface area contributed by atoms with Crippen molar-refractivity contribution in [2.24, 2.45) is 0 Å². The van der Waals surface area contributed by atoms with E-state index >= 15 is 0 Å². The van der Waals surface area contributed by atoms with Gasteiger partial charge in [-0.2, -0.15) is 10.2 Å². The minimum absolute atomic E-state index is 0.397. The molecule has 0 aliphatic carbocycles. The highest BCUT2D eigenvalue weighted by Gasteiger charge is 2.06. The Bertz CT molecular complexity index is 546.